The molecule has 0 aliphatic heterocycles. The summed E-state index contributed by atoms with van der Waals surface area (Å²) < 4.78 is 0. The Morgan fingerprint density at radius 3 is 2.27 bits per heavy atom. The highest BCUT2D eigenvalue weighted by Gasteiger charge is 2.08. The quantitative estimate of drug-likeness (QED) is 0.572. The Morgan fingerprint density at radius 2 is 1.45 bits per heavy atom. The Bertz CT molecular complexity index is 89.0. The van der Waals surface area contributed by atoms with Crippen molar-refractivity contribution in [1.29, 1.82) is 0 Å². The van der Waals surface area contributed by atoms with Crippen molar-refractivity contribution in [1.82, 2.24) is 0 Å². The fourth-order valence-corrected chi connectivity index (χ4v) is 1.92. The van der Waals surface area contributed by atoms with E-state index in [0.717, 1.165) is 5.92 Å². The van der Waals surface area contributed by atoms with E-state index in [2.05, 4.69) is 6.92 Å². The smallest absolute Gasteiger partial charge is 0.00388 e. The van der Waals surface area contributed by atoms with Gasteiger partial charge in [-0.3, -0.25) is 0 Å². The molecule has 1 heteroatoms. The Balaban J connectivity index is 2.24. The van der Waals surface area contributed by atoms with Crippen LogP contribution in [0.5, 0.6) is 0 Å². The van der Waals surface area contributed by atoms with E-state index in [1.54, 1.807) is 0 Å². The van der Waals surface area contributed by atoms with Gasteiger partial charge in [0.2, 0.25) is 0 Å². The minimum atomic E-state index is 0.500. The summed E-state index contributed by atoms with van der Waals surface area (Å²) >= 11 is 0. The first-order chi connectivity index (χ1) is 5.29. The Morgan fingerprint density at radius 1 is 0.909 bits per heavy atom. The minimum Gasteiger partial charge on any atom is -0.328 e. The van der Waals surface area contributed by atoms with Crippen LogP contribution in [0.25, 0.3) is 0 Å². The number of nitrogens with two attached hydrogens (primary N) is 1. The molecule has 1 aliphatic carbocycles. The molecule has 1 rings (SSSR count). The predicted molar refractivity (Wildman–Crippen MR) is 49.5 cm³/mol. The van der Waals surface area contributed by atoms with E-state index in [1.165, 1.54) is 44.9 Å². The summed E-state index contributed by atoms with van der Waals surface area (Å²) in [5.74, 6) is 0.945. The first kappa shape index (κ1) is 9.05. The van der Waals surface area contributed by atoms with E-state index in [9.17, 15) is 0 Å². The summed E-state index contributed by atoms with van der Waals surface area (Å²) in [6, 6.07) is 0.500. The molecule has 0 aromatic heterocycles. The second-order valence-electron chi connectivity index (χ2n) is 4.08. The zero-order chi connectivity index (χ0) is 8.10. The molecule has 0 aromatic rings. The molecule has 0 heterocycles. The Labute approximate surface area is 70.4 Å². The molecule has 0 saturated heterocycles. The third-order valence-electron chi connectivity index (χ3n) is 2.79. The standard InChI is InChI=1S/C10H21N/c1-9-5-2-3-7-10(11)8-4-6-9/h9-10H,2-8,11H2,1H3. The molecule has 2 atom stereocenters. The Hall–Kier alpha value is -0.0400. The van der Waals surface area contributed by atoms with Crippen LogP contribution in [0.3, 0.4) is 0 Å². The number of rotatable bonds is 0. The fourth-order valence-electron chi connectivity index (χ4n) is 1.92. The van der Waals surface area contributed by atoms with Gasteiger partial charge >= 0.3 is 0 Å². The lowest BCUT2D eigenvalue weighted by Gasteiger charge is -2.08. The largest absolute Gasteiger partial charge is 0.328 e. The molecular formula is C10H21N. The molecule has 1 nitrogen and oxygen atoms in total. The molecule has 0 amide bonds. The SMILES string of the molecule is CC1CCCCC(N)CCC1. The maximum atomic E-state index is 5.92. The summed E-state index contributed by atoms with van der Waals surface area (Å²) in [4.78, 5) is 0. The zero-order valence-electron chi connectivity index (χ0n) is 7.68. The van der Waals surface area contributed by atoms with Crippen LogP contribution >= 0.6 is 0 Å². The van der Waals surface area contributed by atoms with Crippen molar-refractivity contribution in [3.8, 4) is 0 Å². The second kappa shape index (κ2) is 4.76. The highest BCUT2D eigenvalue weighted by molar-refractivity contribution is 4.66. The van der Waals surface area contributed by atoms with Crippen molar-refractivity contribution < 1.29 is 0 Å². The maximum Gasteiger partial charge on any atom is 0.00388 e. The van der Waals surface area contributed by atoms with Crippen LogP contribution in [0, 0.1) is 5.92 Å². The summed E-state index contributed by atoms with van der Waals surface area (Å²) in [5.41, 5.74) is 5.92. The van der Waals surface area contributed by atoms with E-state index in [4.69, 9.17) is 5.73 Å². The van der Waals surface area contributed by atoms with Gasteiger partial charge in [0.1, 0.15) is 0 Å². The molecule has 1 fully saturated rings. The van der Waals surface area contributed by atoms with Gasteiger partial charge in [0.15, 0.2) is 0 Å². The van der Waals surface area contributed by atoms with Crippen LogP contribution in [0.15, 0.2) is 0 Å². The molecule has 1 saturated carbocycles. The average molecular weight is 155 g/mol. The topological polar surface area (TPSA) is 26.0 Å². The van der Waals surface area contributed by atoms with Crippen molar-refractivity contribution in [2.45, 2.75) is 57.9 Å². The molecule has 0 radical (unpaired) electrons. The van der Waals surface area contributed by atoms with Gasteiger partial charge in [-0.2, -0.15) is 0 Å². The monoisotopic (exact) mass is 155 g/mol. The summed E-state index contributed by atoms with van der Waals surface area (Å²) in [6.45, 7) is 2.37. The van der Waals surface area contributed by atoms with E-state index < -0.39 is 0 Å². The molecule has 1 aliphatic rings. The lowest BCUT2D eigenvalue weighted by Crippen LogP contribution is -2.18. The number of hydrogen-bond acceptors (Lipinski definition) is 1. The highest BCUT2D eigenvalue weighted by atomic mass is 14.6. The van der Waals surface area contributed by atoms with E-state index in [1.807, 2.05) is 0 Å². The van der Waals surface area contributed by atoms with Crippen molar-refractivity contribution in [3.05, 3.63) is 0 Å². The first-order valence-corrected chi connectivity index (χ1v) is 5.04. The average Bonchev–Trinajstić information content (AvgIpc) is 2.04. The van der Waals surface area contributed by atoms with Gasteiger partial charge in [0, 0.05) is 6.04 Å². The zero-order valence-corrected chi connectivity index (χ0v) is 7.68. The third kappa shape index (κ3) is 3.76. The van der Waals surface area contributed by atoms with Gasteiger partial charge in [-0.25, -0.2) is 0 Å². The van der Waals surface area contributed by atoms with E-state index in [-0.39, 0.29) is 0 Å². The molecule has 2 unspecified atom stereocenters. The predicted octanol–water partition coefficient (Wildman–Crippen LogP) is 2.69. The Kier molecular flexibility index (Phi) is 3.92. The summed E-state index contributed by atoms with van der Waals surface area (Å²) in [5, 5.41) is 0. The normalized spacial score (nSPS) is 35.5. The van der Waals surface area contributed by atoms with Gasteiger partial charge in [0.05, 0.1) is 0 Å². The van der Waals surface area contributed by atoms with Crippen LogP contribution in [0.1, 0.15) is 51.9 Å². The van der Waals surface area contributed by atoms with Crippen LogP contribution in [0.4, 0.5) is 0 Å². The maximum absolute atomic E-state index is 5.92. The summed E-state index contributed by atoms with van der Waals surface area (Å²) in [7, 11) is 0. The van der Waals surface area contributed by atoms with Crippen molar-refractivity contribution in [2.24, 2.45) is 11.7 Å². The van der Waals surface area contributed by atoms with Crippen LogP contribution in [-0.2, 0) is 0 Å². The van der Waals surface area contributed by atoms with Gasteiger partial charge in [-0.05, 0) is 18.8 Å². The first-order valence-electron chi connectivity index (χ1n) is 5.04. The molecule has 0 aromatic carbocycles. The lowest BCUT2D eigenvalue weighted by molar-refractivity contribution is 0.462. The van der Waals surface area contributed by atoms with Crippen molar-refractivity contribution >= 4 is 0 Å². The lowest BCUT2D eigenvalue weighted by atomic mass is 9.99. The van der Waals surface area contributed by atoms with Crippen LogP contribution in [-0.4, -0.2) is 6.04 Å². The molecule has 0 spiro atoms. The van der Waals surface area contributed by atoms with Gasteiger partial charge in [0.25, 0.3) is 0 Å². The molecule has 11 heavy (non-hydrogen) atoms. The van der Waals surface area contributed by atoms with E-state index >= 15 is 0 Å². The van der Waals surface area contributed by atoms with Gasteiger partial charge < -0.3 is 5.73 Å². The van der Waals surface area contributed by atoms with Gasteiger partial charge in [-0.15, -0.1) is 0 Å². The third-order valence-corrected chi connectivity index (χ3v) is 2.79. The molecular weight excluding hydrogens is 134 g/mol. The van der Waals surface area contributed by atoms with Crippen molar-refractivity contribution in [2.75, 3.05) is 0 Å². The molecule has 0 bridgehead atoms. The van der Waals surface area contributed by atoms with Crippen LogP contribution in [0.2, 0.25) is 0 Å². The van der Waals surface area contributed by atoms with Gasteiger partial charge in [-0.1, -0.05) is 39.0 Å². The fraction of sp³-hybridized carbons (Fsp3) is 1.00. The number of hydrogen-bond donors (Lipinski definition) is 1. The minimum absolute atomic E-state index is 0.500. The summed E-state index contributed by atoms with van der Waals surface area (Å²) in [6.07, 6.45) is 9.43. The molecule has 66 valence electrons. The van der Waals surface area contributed by atoms with Crippen LogP contribution < -0.4 is 5.73 Å². The second-order valence-corrected chi connectivity index (χ2v) is 4.08. The molecule has 2 N–H and O–H groups in total. The highest BCUT2D eigenvalue weighted by Crippen LogP contribution is 2.20. The van der Waals surface area contributed by atoms with E-state index in [0.29, 0.717) is 6.04 Å². The van der Waals surface area contributed by atoms with Crippen molar-refractivity contribution in [3.63, 3.8) is 0 Å².